The number of aromatic nitrogens is 2. The molecule has 0 bridgehead atoms. The van der Waals surface area contributed by atoms with Gasteiger partial charge in [-0.1, -0.05) is 19.1 Å². The van der Waals surface area contributed by atoms with Crippen molar-refractivity contribution in [1.29, 1.82) is 0 Å². The first kappa shape index (κ1) is 19.4. The van der Waals surface area contributed by atoms with Gasteiger partial charge in [-0.2, -0.15) is 0 Å². The smallest absolute Gasteiger partial charge is 0.331 e. The average Bonchev–Trinajstić information content (AvgIpc) is 2.67. The van der Waals surface area contributed by atoms with E-state index in [1.165, 1.54) is 9.13 Å². The molecule has 1 unspecified atom stereocenters. The number of para-hydroxylation sites is 1. The van der Waals surface area contributed by atoms with Gasteiger partial charge in [-0.3, -0.25) is 18.7 Å². The van der Waals surface area contributed by atoms with Crippen molar-refractivity contribution in [3.05, 3.63) is 45.1 Å². The molecule has 146 valence electrons. The van der Waals surface area contributed by atoms with Crippen LogP contribution in [0.15, 0.2) is 33.9 Å². The second kappa shape index (κ2) is 8.52. The van der Waals surface area contributed by atoms with E-state index >= 15 is 0 Å². The molecule has 7 heteroatoms. The monoisotopic (exact) mass is 373 g/mol. The van der Waals surface area contributed by atoms with E-state index in [-0.39, 0.29) is 24.6 Å². The Kier molecular flexibility index (Phi) is 6.11. The van der Waals surface area contributed by atoms with Gasteiger partial charge in [0.05, 0.1) is 10.9 Å². The highest BCUT2D eigenvalue weighted by Crippen LogP contribution is 2.16. The van der Waals surface area contributed by atoms with Gasteiger partial charge in [0, 0.05) is 33.4 Å². The molecule has 0 radical (unpaired) electrons. The summed E-state index contributed by atoms with van der Waals surface area (Å²) < 4.78 is 7.68. The Balaban J connectivity index is 1.99. The first-order valence-corrected chi connectivity index (χ1v) is 9.52. The van der Waals surface area contributed by atoms with Crippen LogP contribution in [-0.2, 0) is 22.6 Å². The SMILES string of the molecule is COCCCn1c(=O)c2ccccc2n(CC(=O)N2CCCC(C)C2)c1=O. The van der Waals surface area contributed by atoms with E-state index in [0.717, 1.165) is 25.9 Å². The van der Waals surface area contributed by atoms with Crippen LogP contribution in [0.5, 0.6) is 0 Å². The molecule has 1 aliphatic heterocycles. The molecule has 1 aliphatic rings. The molecule has 0 saturated carbocycles. The van der Waals surface area contributed by atoms with Crippen molar-refractivity contribution in [2.75, 3.05) is 26.8 Å². The minimum atomic E-state index is -0.437. The topological polar surface area (TPSA) is 73.5 Å². The third-order valence-corrected chi connectivity index (χ3v) is 5.17. The lowest BCUT2D eigenvalue weighted by Gasteiger charge is -2.31. The highest BCUT2D eigenvalue weighted by atomic mass is 16.5. The van der Waals surface area contributed by atoms with Crippen LogP contribution in [0.1, 0.15) is 26.2 Å². The van der Waals surface area contributed by atoms with E-state index in [1.807, 2.05) is 4.90 Å². The van der Waals surface area contributed by atoms with Crippen LogP contribution in [0, 0.1) is 5.92 Å². The molecular weight excluding hydrogens is 346 g/mol. The zero-order chi connectivity index (χ0) is 19.4. The normalized spacial score (nSPS) is 17.4. The number of amides is 1. The summed E-state index contributed by atoms with van der Waals surface area (Å²) in [4.78, 5) is 40.4. The van der Waals surface area contributed by atoms with Crippen LogP contribution < -0.4 is 11.2 Å². The first-order chi connectivity index (χ1) is 13.0. The summed E-state index contributed by atoms with van der Waals surface area (Å²) in [7, 11) is 1.58. The van der Waals surface area contributed by atoms with Crippen molar-refractivity contribution in [2.45, 2.75) is 39.3 Å². The number of ether oxygens (including phenoxy) is 1. The van der Waals surface area contributed by atoms with Crippen LogP contribution in [0.3, 0.4) is 0 Å². The van der Waals surface area contributed by atoms with E-state index in [4.69, 9.17) is 4.74 Å². The molecule has 2 aromatic rings. The van der Waals surface area contributed by atoms with Crippen LogP contribution in [0.25, 0.3) is 10.9 Å². The fourth-order valence-electron chi connectivity index (χ4n) is 3.74. The molecule has 0 N–H and O–H groups in total. The second-order valence-corrected chi connectivity index (χ2v) is 7.28. The summed E-state index contributed by atoms with van der Waals surface area (Å²) >= 11 is 0. The molecule has 1 atom stereocenters. The molecule has 1 saturated heterocycles. The van der Waals surface area contributed by atoms with Gasteiger partial charge in [0.25, 0.3) is 5.56 Å². The number of rotatable bonds is 6. The number of piperidine rings is 1. The van der Waals surface area contributed by atoms with Crippen molar-refractivity contribution >= 4 is 16.8 Å². The number of nitrogens with zero attached hydrogens (tertiary/aromatic N) is 3. The Hall–Kier alpha value is -2.41. The second-order valence-electron chi connectivity index (χ2n) is 7.28. The number of hydrogen-bond donors (Lipinski definition) is 0. The Labute approximate surface area is 158 Å². The molecule has 0 aliphatic carbocycles. The van der Waals surface area contributed by atoms with Crippen molar-refractivity contribution in [3.8, 4) is 0 Å². The Morgan fingerprint density at radius 3 is 2.74 bits per heavy atom. The van der Waals surface area contributed by atoms with E-state index in [1.54, 1.807) is 31.4 Å². The molecule has 1 amide bonds. The van der Waals surface area contributed by atoms with Crippen molar-refractivity contribution in [2.24, 2.45) is 5.92 Å². The van der Waals surface area contributed by atoms with Gasteiger partial charge in [-0.05, 0) is 37.3 Å². The molecule has 27 heavy (non-hydrogen) atoms. The quantitative estimate of drug-likeness (QED) is 0.719. The predicted octanol–water partition coefficient (Wildman–Crippen LogP) is 1.46. The van der Waals surface area contributed by atoms with Crippen molar-refractivity contribution in [1.82, 2.24) is 14.0 Å². The van der Waals surface area contributed by atoms with Gasteiger partial charge < -0.3 is 9.64 Å². The Bertz CT molecular complexity index is 931. The van der Waals surface area contributed by atoms with Gasteiger partial charge in [-0.15, -0.1) is 0 Å². The lowest BCUT2D eigenvalue weighted by Crippen LogP contribution is -2.45. The summed E-state index contributed by atoms with van der Waals surface area (Å²) in [5.74, 6) is 0.398. The number of carbonyl (C=O) groups excluding carboxylic acids is 1. The van der Waals surface area contributed by atoms with Crippen molar-refractivity contribution < 1.29 is 9.53 Å². The third-order valence-electron chi connectivity index (χ3n) is 5.17. The molecule has 0 spiro atoms. The minimum Gasteiger partial charge on any atom is -0.385 e. The van der Waals surface area contributed by atoms with Crippen LogP contribution >= 0.6 is 0 Å². The molecule has 3 rings (SSSR count). The largest absolute Gasteiger partial charge is 0.385 e. The van der Waals surface area contributed by atoms with Crippen LogP contribution in [-0.4, -0.2) is 46.7 Å². The van der Waals surface area contributed by atoms with E-state index < -0.39 is 5.69 Å². The lowest BCUT2D eigenvalue weighted by molar-refractivity contribution is -0.133. The fraction of sp³-hybridized carbons (Fsp3) is 0.550. The average molecular weight is 373 g/mol. The molecule has 2 heterocycles. The summed E-state index contributed by atoms with van der Waals surface area (Å²) in [5, 5.41) is 0.453. The molecule has 1 fully saturated rings. The lowest BCUT2D eigenvalue weighted by atomic mass is 10.0. The number of fused-ring (bicyclic) bond motifs is 1. The summed E-state index contributed by atoms with van der Waals surface area (Å²) in [6, 6.07) is 6.98. The van der Waals surface area contributed by atoms with E-state index in [2.05, 4.69) is 6.92 Å². The van der Waals surface area contributed by atoms with Crippen LogP contribution in [0.4, 0.5) is 0 Å². The number of hydrogen-bond acceptors (Lipinski definition) is 4. The van der Waals surface area contributed by atoms with Gasteiger partial charge in [-0.25, -0.2) is 4.79 Å². The zero-order valence-electron chi connectivity index (χ0n) is 16.0. The highest BCUT2D eigenvalue weighted by Gasteiger charge is 2.23. The highest BCUT2D eigenvalue weighted by molar-refractivity contribution is 5.81. The summed E-state index contributed by atoms with van der Waals surface area (Å²) in [6.45, 7) is 4.27. The maximum atomic E-state index is 13.0. The Morgan fingerprint density at radius 2 is 2.00 bits per heavy atom. The first-order valence-electron chi connectivity index (χ1n) is 9.52. The summed E-state index contributed by atoms with van der Waals surface area (Å²) in [5.41, 5.74) is -0.246. The zero-order valence-corrected chi connectivity index (χ0v) is 16.0. The number of benzene rings is 1. The van der Waals surface area contributed by atoms with Gasteiger partial charge >= 0.3 is 5.69 Å². The Morgan fingerprint density at radius 1 is 1.22 bits per heavy atom. The summed E-state index contributed by atoms with van der Waals surface area (Å²) in [6.07, 6.45) is 2.66. The maximum Gasteiger partial charge on any atom is 0.331 e. The minimum absolute atomic E-state index is 0.0450. The standard InChI is InChI=1S/C20H27N3O4/c1-15-7-5-10-21(13-15)18(24)14-23-17-9-4-3-8-16(17)19(25)22(20(23)26)11-6-12-27-2/h3-4,8-9,15H,5-7,10-14H2,1-2H3. The third kappa shape index (κ3) is 4.13. The van der Waals surface area contributed by atoms with Gasteiger partial charge in [0.15, 0.2) is 0 Å². The molecule has 1 aromatic heterocycles. The van der Waals surface area contributed by atoms with Gasteiger partial charge in [0.1, 0.15) is 6.54 Å². The van der Waals surface area contributed by atoms with E-state index in [0.29, 0.717) is 29.8 Å². The van der Waals surface area contributed by atoms with Crippen LogP contribution in [0.2, 0.25) is 0 Å². The molecular formula is C20H27N3O4. The molecule has 1 aromatic carbocycles. The number of likely N-dealkylation sites (tertiary alicyclic amines) is 1. The van der Waals surface area contributed by atoms with Gasteiger partial charge in [0.2, 0.25) is 5.91 Å². The number of methoxy groups -OCH3 is 1. The fourth-order valence-corrected chi connectivity index (χ4v) is 3.74. The predicted molar refractivity (Wildman–Crippen MR) is 104 cm³/mol. The molecule has 7 nitrogen and oxygen atoms in total. The van der Waals surface area contributed by atoms with Crippen molar-refractivity contribution in [3.63, 3.8) is 0 Å². The maximum absolute atomic E-state index is 13.0. The van der Waals surface area contributed by atoms with E-state index in [9.17, 15) is 14.4 Å². The number of carbonyl (C=O) groups is 1.